The molecule has 154 valence electrons. The first-order valence-electron chi connectivity index (χ1n) is 9.29. The maximum absolute atomic E-state index is 12.5. The third-order valence-corrected chi connectivity index (χ3v) is 6.67. The van der Waals surface area contributed by atoms with Crippen LogP contribution in [0.1, 0.15) is 46.8 Å². The number of unbranched alkanes of at least 4 members (excludes halogenated alkanes) is 1. The Labute approximate surface area is 180 Å². The summed E-state index contributed by atoms with van der Waals surface area (Å²) >= 11 is 12.3. The maximum Gasteiger partial charge on any atom is 0.264 e. The summed E-state index contributed by atoms with van der Waals surface area (Å²) in [6, 6.07) is 8.68. The molecule has 2 heterocycles. The fraction of sp³-hybridized carbons (Fsp3) is 0.286. The number of hydrogen-bond acceptors (Lipinski definition) is 3. The molecular weight excluding hydrogens is 431 g/mol. The van der Waals surface area contributed by atoms with E-state index >= 15 is 0 Å². The number of sulfonamides is 1. The molecule has 3 aromatic rings. The van der Waals surface area contributed by atoms with E-state index in [0.717, 1.165) is 28.6 Å². The molecule has 0 saturated carbocycles. The molecule has 0 saturated heterocycles. The van der Waals surface area contributed by atoms with Gasteiger partial charge >= 0.3 is 0 Å². The molecule has 29 heavy (non-hydrogen) atoms. The molecule has 1 N–H and O–H groups in total. The first kappa shape index (κ1) is 21.7. The number of aryl methyl sites for hydroxylation is 1. The van der Waals surface area contributed by atoms with Crippen molar-refractivity contribution in [2.45, 2.75) is 33.1 Å². The van der Waals surface area contributed by atoms with Gasteiger partial charge in [0.05, 0.1) is 5.75 Å². The molecule has 1 aromatic carbocycles. The van der Waals surface area contributed by atoms with Crippen molar-refractivity contribution in [2.24, 2.45) is 0 Å². The summed E-state index contributed by atoms with van der Waals surface area (Å²) in [5, 5.41) is 1.15. The molecule has 0 aliphatic heterocycles. The molecule has 0 aliphatic carbocycles. The zero-order chi connectivity index (χ0) is 21.2. The molecule has 3 rings (SSSR count). The van der Waals surface area contributed by atoms with Crippen molar-refractivity contribution in [1.29, 1.82) is 0 Å². The van der Waals surface area contributed by atoms with E-state index in [4.69, 9.17) is 23.2 Å². The fourth-order valence-electron chi connectivity index (χ4n) is 3.17. The monoisotopic (exact) mass is 452 g/mol. The Morgan fingerprint density at radius 2 is 1.93 bits per heavy atom. The molecule has 0 radical (unpaired) electrons. The highest BCUT2D eigenvalue weighted by Crippen LogP contribution is 2.27. The molecule has 1 amide bonds. The van der Waals surface area contributed by atoms with Crippen molar-refractivity contribution in [1.82, 2.24) is 9.12 Å². The van der Waals surface area contributed by atoms with Crippen LogP contribution in [-0.4, -0.2) is 24.5 Å². The van der Waals surface area contributed by atoms with Gasteiger partial charge in [0.25, 0.3) is 5.91 Å². The van der Waals surface area contributed by atoms with E-state index in [-0.39, 0.29) is 5.75 Å². The molecule has 8 heteroatoms. The van der Waals surface area contributed by atoms with Gasteiger partial charge in [0, 0.05) is 39.9 Å². The summed E-state index contributed by atoms with van der Waals surface area (Å²) in [6.45, 7) is 3.88. The number of carbonyl (C=O) groups is 1. The lowest BCUT2D eigenvalue weighted by Crippen LogP contribution is -2.32. The number of benzene rings is 1. The Balaban J connectivity index is 1.93. The summed E-state index contributed by atoms with van der Waals surface area (Å²) < 4.78 is 28.2. The first-order valence-corrected chi connectivity index (χ1v) is 11.7. The number of halogens is 2. The lowest BCUT2D eigenvalue weighted by Gasteiger charge is -2.09. The quantitative estimate of drug-likeness (QED) is 0.547. The van der Waals surface area contributed by atoms with E-state index in [1.54, 1.807) is 30.5 Å². The predicted molar refractivity (Wildman–Crippen MR) is 118 cm³/mol. The second kappa shape index (κ2) is 8.78. The van der Waals surface area contributed by atoms with Crippen molar-refractivity contribution in [3.8, 4) is 0 Å². The van der Waals surface area contributed by atoms with Gasteiger partial charge < -0.3 is 4.40 Å². The highest BCUT2D eigenvalue weighted by atomic mass is 35.5. The lowest BCUT2D eigenvalue weighted by atomic mass is 10.0. The summed E-state index contributed by atoms with van der Waals surface area (Å²) in [6.07, 6.45) is 5.53. The summed E-state index contributed by atoms with van der Waals surface area (Å²) in [5.74, 6) is -0.694. The fourth-order valence-corrected chi connectivity index (χ4v) is 4.81. The number of hydrogen-bond donors (Lipinski definition) is 1. The van der Waals surface area contributed by atoms with Crippen LogP contribution in [0.4, 0.5) is 0 Å². The van der Waals surface area contributed by atoms with Gasteiger partial charge in [-0.25, -0.2) is 13.1 Å². The minimum absolute atomic E-state index is 0.0674. The average molecular weight is 453 g/mol. The average Bonchev–Trinajstić information content (AvgIpc) is 2.96. The van der Waals surface area contributed by atoms with Crippen molar-refractivity contribution in [3.05, 3.63) is 75.0 Å². The molecule has 0 fully saturated rings. The number of amides is 1. The Morgan fingerprint density at radius 1 is 1.17 bits per heavy atom. The second-order valence-corrected chi connectivity index (χ2v) is 9.70. The number of carbonyl (C=O) groups excluding carboxylic acids is 1. The molecule has 0 spiro atoms. The van der Waals surface area contributed by atoms with E-state index in [2.05, 4.69) is 4.72 Å². The number of aromatic nitrogens is 1. The minimum atomic E-state index is -3.64. The zero-order valence-corrected chi connectivity index (χ0v) is 18.5. The molecule has 0 unspecified atom stereocenters. The lowest BCUT2D eigenvalue weighted by molar-refractivity contribution is 0.0981. The van der Waals surface area contributed by atoms with E-state index in [9.17, 15) is 13.2 Å². The minimum Gasteiger partial charge on any atom is -0.323 e. The van der Waals surface area contributed by atoms with Gasteiger partial charge in [0.2, 0.25) is 10.0 Å². The third-order valence-electron chi connectivity index (χ3n) is 4.76. The van der Waals surface area contributed by atoms with Crippen LogP contribution in [0, 0.1) is 6.92 Å². The van der Waals surface area contributed by atoms with E-state index in [0.29, 0.717) is 28.5 Å². The predicted octanol–water partition coefficient (Wildman–Crippen LogP) is 5.01. The number of nitrogens with one attached hydrogen (secondary N) is 1. The van der Waals surface area contributed by atoms with Crippen LogP contribution in [-0.2, 0) is 16.4 Å². The van der Waals surface area contributed by atoms with Gasteiger partial charge in [-0.05, 0) is 54.3 Å². The topological polar surface area (TPSA) is 67.7 Å². The molecule has 2 aromatic heterocycles. The van der Waals surface area contributed by atoms with Gasteiger partial charge in [0.1, 0.15) is 0 Å². The van der Waals surface area contributed by atoms with E-state index in [1.165, 1.54) is 0 Å². The second-order valence-electron chi connectivity index (χ2n) is 7.01. The van der Waals surface area contributed by atoms with Crippen molar-refractivity contribution < 1.29 is 13.2 Å². The molecule has 5 nitrogen and oxygen atoms in total. The Kier molecular flexibility index (Phi) is 6.56. The van der Waals surface area contributed by atoms with Gasteiger partial charge in [-0.3, -0.25) is 4.79 Å². The van der Waals surface area contributed by atoms with Crippen molar-refractivity contribution in [2.75, 3.05) is 5.75 Å². The van der Waals surface area contributed by atoms with Crippen LogP contribution in [0.5, 0.6) is 0 Å². The van der Waals surface area contributed by atoms with E-state index < -0.39 is 15.9 Å². The van der Waals surface area contributed by atoms with Crippen LogP contribution in [0.15, 0.2) is 42.7 Å². The van der Waals surface area contributed by atoms with Crippen LogP contribution in [0.2, 0.25) is 10.0 Å². The van der Waals surface area contributed by atoms with E-state index in [1.807, 2.05) is 30.5 Å². The summed E-state index contributed by atoms with van der Waals surface area (Å²) in [7, 11) is -3.64. The standard InChI is InChI=1S/C21H22Cl2N2O3S/c1-3-4-9-29(27,28)24-21(26)16-7-8-25-13-14(2)18(20(25)11-16)10-15-5-6-17(22)12-19(15)23/h5-8,11-13H,3-4,9-10H2,1-2H3,(H,24,26). The van der Waals surface area contributed by atoms with Crippen LogP contribution in [0.3, 0.4) is 0 Å². The van der Waals surface area contributed by atoms with Gasteiger partial charge in [-0.15, -0.1) is 0 Å². The first-order chi connectivity index (χ1) is 13.7. The number of fused-ring (bicyclic) bond motifs is 1. The molecule has 0 aliphatic rings. The third kappa shape index (κ3) is 5.13. The molecule has 0 atom stereocenters. The number of pyridine rings is 1. The zero-order valence-electron chi connectivity index (χ0n) is 16.2. The largest absolute Gasteiger partial charge is 0.323 e. The summed E-state index contributed by atoms with van der Waals surface area (Å²) in [4.78, 5) is 12.5. The van der Waals surface area contributed by atoms with Crippen LogP contribution >= 0.6 is 23.2 Å². The summed E-state index contributed by atoms with van der Waals surface area (Å²) in [5.41, 5.74) is 4.09. The normalized spacial score (nSPS) is 11.7. The SMILES string of the molecule is CCCCS(=O)(=O)NC(=O)c1ccn2cc(C)c(Cc3ccc(Cl)cc3Cl)c2c1. The highest BCUT2D eigenvalue weighted by Gasteiger charge is 2.17. The number of nitrogens with zero attached hydrogens (tertiary/aromatic N) is 1. The Bertz CT molecular complexity index is 1170. The van der Waals surface area contributed by atoms with Gasteiger partial charge in [0.15, 0.2) is 0 Å². The smallest absolute Gasteiger partial charge is 0.264 e. The molecule has 0 bridgehead atoms. The van der Waals surface area contributed by atoms with Crippen molar-refractivity contribution >= 4 is 44.6 Å². The maximum atomic E-state index is 12.5. The molecular formula is C21H22Cl2N2O3S. The highest BCUT2D eigenvalue weighted by molar-refractivity contribution is 7.90. The van der Waals surface area contributed by atoms with Crippen molar-refractivity contribution in [3.63, 3.8) is 0 Å². The Morgan fingerprint density at radius 3 is 2.62 bits per heavy atom. The number of rotatable bonds is 7. The Hall–Kier alpha value is -2.02. The van der Waals surface area contributed by atoms with Gasteiger partial charge in [-0.2, -0.15) is 0 Å². The van der Waals surface area contributed by atoms with Gasteiger partial charge in [-0.1, -0.05) is 42.6 Å². The van der Waals surface area contributed by atoms with Crippen LogP contribution in [0.25, 0.3) is 5.52 Å². The van der Waals surface area contributed by atoms with Crippen LogP contribution < -0.4 is 4.72 Å².